The Labute approximate surface area is 311 Å². The van der Waals surface area contributed by atoms with Crippen LogP contribution >= 0.6 is 0 Å². The predicted molar refractivity (Wildman–Crippen MR) is 228 cm³/mol. The number of para-hydroxylation sites is 1. The Balaban J connectivity index is 1.15. The number of furan rings is 1. The highest BCUT2D eigenvalue weighted by Crippen LogP contribution is 2.42. The molecule has 0 fully saturated rings. The molecule has 1 aliphatic rings. The summed E-state index contributed by atoms with van der Waals surface area (Å²) in [5.74, 6) is 0.671. The van der Waals surface area contributed by atoms with Crippen LogP contribution in [0, 0.1) is 0 Å². The van der Waals surface area contributed by atoms with E-state index in [4.69, 9.17) is 14.4 Å². The van der Waals surface area contributed by atoms with E-state index >= 15 is 0 Å². The number of benzene rings is 9. The molecule has 0 radical (unpaired) electrons. The van der Waals surface area contributed by atoms with Crippen LogP contribution in [0.5, 0.6) is 0 Å². The van der Waals surface area contributed by atoms with Crippen molar-refractivity contribution in [2.45, 2.75) is 6.42 Å². The van der Waals surface area contributed by atoms with E-state index in [0.717, 1.165) is 61.2 Å². The van der Waals surface area contributed by atoms with Crippen LogP contribution in [0.2, 0.25) is 0 Å². The third-order valence-corrected chi connectivity index (χ3v) is 10.9. The summed E-state index contributed by atoms with van der Waals surface area (Å²) >= 11 is 0. The molecule has 0 saturated heterocycles. The van der Waals surface area contributed by atoms with Gasteiger partial charge in [-0.15, -0.1) is 0 Å². The Morgan fingerprint density at radius 2 is 1.02 bits per heavy atom. The highest BCUT2D eigenvalue weighted by atomic mass is 16.3. The lowest BCUT2D eigenvalue weighted by Gasteiger charge is -2.13. The lowest BCUT2D eigenvalue weighted by molar-refractivity contribution is 0.670. The van der Waals surface area contributed by atoms with Crippen LogP contribution in [0.4, 0.5) is 0 Å². The maximum atomic E-state index is 6.82. The lowest BCUT2D eigenvalue weighted by atomic mass is 9.91. The van der Waals surface area contributed by atoms with Gasteiger partial charge in [-0.1, -0.05) is 152 Å². The summed E-state index contributed by atoms with van der Waals surface area (Å²) in [6, 6.07) is 62.5. The number of fused-ring (bicyclic) bond motifs is 10. The minimum Gasteiger partial charge on any atom is -0.455 e. The Bertz CT molecular complexity index is 3200. The maximum absolute atomic E-state index is 6.82. The van der Waals surface area contributed by atoms with Crippen molar-refractivity contribution in [1.82, 2.24) is 0 Å². The number of hydrogen-bond acceptors (Lipinski definition) is 3. The first-order valence-corrected chi connectivity index (χ1v) is 18.5. The van der Waals surface area contributed by atoms with Crippen LogP contribution in [0.3, 0.4) is 0 Å². The molecular formula is C51H32N2O. The van der Waals surface area contributed by atoms with Gasteiger partial charge in [-0.25, -0.2) is 9.98 Å². The van der Waals surface area contributed by atoms with Gasteiger partial charge in [-0.2, -0.15) is 0 Å². The summed E-state index contributed by atoms with van der Waals surface area (Å²) in [4.78, 5) is 10.8. The molecule has 10 aromatic rings. The van der Waals surface area contributed by atoms with Gasteiger partial charge in [0.15, 0.2) is 5.84 Å². The number of hydrogen-bond donors (Lipinski definition) is 0. The summed E-state index contributed by atoms with van der Waals surface area (Å²) in [7, 11) is 0. The summed E-state index contributed by atoms with van der Waals surface area (Å²) in [5, 5.41) is 12.0. The third kappa shape index (κ3) is 4.90. The molecule has 0 N–H and O–H groups in total. The Morgan fingerprint density at radius 3 is 1.80 bits per heavy atom. The molecule has 252 valence electrons. The summed E-state index contributed by atoms with van der Waals surface area (Å²) < 4.78 is 6.82. The molecule has 2 heterocycles. The van der Waals surface area contributed by atoms with Crippen molar-refractivity contribution >= 4 is 82.3 Å². The van der Waals surface area contributed by atoms with E-state index in [2.05, 4.69) is 170 Å². The molecule has 1 aromatic heterocycles. The van der Waals surface area contributed by atoms with Crippen molar-refractivity contribution in [1.29, 1.82) is 0 Å². The van der Waals surface area contributed by atoms with Gasteiger partial charge in [0.05, 0.1) is 11.4 Å². The molecular weight excluding hydrogens is 657 g/mol. The summed E-state index contributed by atoms with van der Waals surface area (Å²) in [5.41, 5.74) is 8.79. The van der Waals surface area contributed by atoms with E-state index in [-0.39, 0.29) is 0 Å². The summed E-state index contributed by atoms with van der Waals surface area (Å²) in [6.45, 7) is 0. The van der Waals surface area contributed by atoms with Crippen molar-refractivity contribution in [2.75, 3.05) is 0 Å². The number of allylic oxidation sites excluding steroid dienone is 1. The molecule has 0 amide bonds. The van der Waals surface area contributed by atoms with E-state index in [9.17, 15) is 0 Å². The SMILES string of the molecule is C1=C(c2ccc3ccccc3c2)N=C(c2ccc(-c3ccc4c5ccccc5c5ccccc5c4c3)c3oc4ccccc4c23)N=C(c2ccccc2)C1. The van der Waals surface area contributed by atoms with Crippen LogP contribution < -0.4 is 0 Å². The minimum atomic E-state index is 0.659. The first-order chi connectivity index (χ1) is 26.8. The third-order valence-electron chi connectivity index (χ3n) is 10.9. The van der Waals surface area contributed by atoms with Gasteiger partial charge in [0.1, 0.15) is 11.2 Å². The zero-order chi connectivity index (χ0) is 35.6. The first-order valence-electron chi connectivity index (χ1n) is 18.5. The second-order valence-corrected chi connectivity index (χ2v) is 14.0. The number of aliphatic imine (C=N–C) groups is 2. The molecule has 3 heteroatoms. The van der Waals surface area contributed by atoms with Gasteiger partial charge < -0.3 is 4.42 Å². The maximum Gasteiger partial charge on any atom is 0.160 e. The van der Waals surface area contributed by atoms with Gasteiger partial charge in [-0.3, -0.25) is 0 Å². The topological polar surface area (TPSA) is 37.9 Å². The quantitative estimate of drug-likeness (QED) is 0.170. The summed E-state index contributed by atoms with van der Waals surface area (Å²) in [6.07, 6.45) is 2.87. The molecule has 0 atom stereocenters. The van der Waals surface area contributed by atoms with Gasteiger partial charge in [0, 0.05) is 33.9 Å². The molecule has 1 aliphatic heterocycles. The molecule has 0 unspecified atom stereocenters. The second kappa shape index (κ2) is 12.3. The molecule has 54 heavy (non-hydrogen) atoms. The fourth-order valence-corrected chi connectivity index (χ4v) is 8.33. The lowest BCUT2D eigenvalue weighted by Crippen LogP contribution is -2.05. The fraction of sp³-hybridized carbons (Fsp3) is 0.0196. The van der Waals surface area contributed by atoms with Crippen LogP contribution in [-0.4, -0.2) is 11.5 Å². The highest BCUT2D eigenvalue weighted by molar-refractivity contribution is 6.27. The Kier molecular flexibility index (Phi) is 6.93. The van der Waals surface area contributed by atoms with Crippen LogP contribution in [0.25, 0.3) is 81.9 Å². The monoisotopic (exact) mass is 688 g/mol. The molecule has 9 aromatic carbocycles. The van der Waals surface area contributed by atoms with Crippen molar-refractivity contribution in [2.24, 2.45) is 9.98 Å². The van der Waals surface area contributed by atoms with E-state index in [0.29, 0.717) is 12.3 Å². The highest BCUT2D eigenvalue weighted by Gasteiger charge is 2.22. The Morgan fingerprint density at radius 1 is 0.407 bits per heavy atom. The normalized spacial score (nSPS) is 13.4. The van der Waals surface area contributed by atoms with Gasteiger partial charge >= 0.3 is 0 Å². The minimum absolute atomic E-state index is 0.659. The molecule has 0 bridgehead atoms. The van der Waals surface area contributed by atoms with E-state index in [1.165, 1.54) is 43.1 Å². The zero-order valence-corrected chi connectivity index (χ0v) is 29.3. The first kappa shape index (κ1) is 30.5. The molecule has 0 aliphatic carbocycles. The number of amidine groups is 1. The van der Waals surface area contributed by atoms with Crippen LogP contribution in [0.15, 0.2) is 196 Å². The largest absolute Gasteiger partial charge is 0.455 e. The van der Waals surface area contributed by atoms with Crippen molar-refractivity contribution < 1.29 is 4.42 Å². The number of nitrogens with zero attached hydrogens (tertiary/aromatic N) is 2. The molecule has 0 spiro atoms. The van der Waals surface area contributed by atoms with Crippen molar-refractivity contribution in [3.8, 4) is 11.1 Å². The van der Waals surface area contributed by atoms with Gasteiger partial charge in [-0.05, 0) is 84.5 Å². The van der Waals surface area contributed by atoms with Crippen LogP contribution in [-0.2, 0) is 0 Å². The Hall–Kier alpha value is -7.10. The van der Waals surface area contributed by atoms with E-state index in [1.54, 1.807) is 0 Å². The number of rotatable bonds is 4. The van der Waals surface area contributed by atoms with Crippen molar-refractivity contribution in [3.05, 3.63) is 199 Å². The average molecular weight is 689 g/mol. The van der Waals surface area contributed by atoms with Crippen LogP contribution in [0.1, 0.15) is 23.1 Å². The standard InChI is InChI=1S/C51H32N2O/c1-2-13-33(14-3-1)46-28-29-47(36-23-22-32-12-4-5-15-34(32)30-36)53-51(52-46)44-27-26-37(50-49(44)43-20-10-11-21-48(43)54-50)35-24-25-42-40-18-7-6-16-38(40)39-17-8-9-19-41(39)45(42)31-35/h1-27,29-31H,28H2. The fourth-order valence-electron chi connectivity index (χ4n) is 8.33. The predicted octanol–water partition coefficient (Wildman–Crippen LogP) is 13.5. The molecule has 3 nitrogen and oxygen atoms in total. The van der Waals surface area contributed by atoms with Gasteiger partial charge in [0.2, 0.25) is 0 Å². The zero-order valence-electron chi connectivity index (χ0n) is 29.3. The van der Waals surface area contributed by atoms with E-state index < -0.39 is 0 Å². The average Bonchev–Trinajstić information content (AvgIpc) is 3.49. The molecule has 0 saturated carbocycles. The molecule has 11 rings (SSSR count). The van der Waals surface area contributed by atoms with E-state index in [1.807, 2.05) is 12.1 Å². The second-order valence-electron chi connectivity index (χ2n) is 14.0. The van der Waals surface area contributed by atoms with Gasteiger partial charge in [0.25, 0.3) is 0 Å². The smallest absolute Gasteiger partial charge is 0.160 e. The van der Waals surface area contributed by atoms with Crippen molar-refractivity contribution in [3.63, 3.8) is 0 Å².